The molecule has 53 heavy (non-hydrogen) atoms. The van der Waals surface area contributed by atoms with Crippen LogP contribution in [0.4, 0.5) is 0 Å². The van der Waals surface area contributed by atoms with Crippen molar-refractivity contribution in [3.05, 3.63) is 54.7 Å². The minimum atomic E-state index is -1.34. The molecule has 0 aliphatic heterocycles. The van der Waals surface area contributed by atoms with Gasteiger partial charge in [-0.25, -0.2) is 19.7 Å². The topological polar surface area (TPSA) is 390 Å². The van der Waals surface area contributed by atoms with Gasteiger partial charge in [0.15, 0.2) is 11.9 Å². The minimum absolute atomic E-state index is 0.00959. The first-order chi connectivity index (χ1) is 25.3. The smallest absolute Gasteiger partial charge is 0.326 e. The van der Waals surface area contributed by atoms with Crippen molar-refractivity contribution in [2.24, 2.45) is 17.2 Å². The first-order valence-corrected chi connectivity index (χ1v) is 16.6. The number of carbonyl (C=O) groups is 5. The molecule has 0 fully saturated rings. The van der Waals surface area contributed by atoms with E-state index in [-0.39, 0.29) is 57.0 Å². The van der Waals surface area contributed by atoms with Crippen molar-refractivity contribution >= 4 is 41.5 Å². The first kappa shape index (κ1) is 40.9. The standard InChI is InChI=1S/C30H47N17O6/c31-19(3-1-5-39-29(32)33)24(48)45-21(7-16-10-36-13-41-16)26(50)47-23(9-18-12-38-15-43-18)27(51)46-22(8-17-11-37-14-42-17)25(49)44-20(28(52)53)4-2-6-40-30(34)35/h10-15,19-23H,1-9,31H2,(H,36,41)(H,37,42)(H,38,43)(H,44,49)(H,45,48)(H,46,51)(H,47,50)(H,52,53)(H4,32,33,39)(H4,34,35,40)/t19-,20-,21-,22-,23-/m0/s1. The second-order valence-electron chi connectivity index (χ2n) is 11.9. The van der Waals surface area contributed by atoms with Crippen molar-refractivity contribution in [3.63, 3.8) is 0 Å². The molecule has 3 rings (SSSR count). The van der Waals surface area contributed by atoms with E-state index in [2.05, 4.69) is 61.8 Å². The van der Waals surface area contributed by atoms with E-state index in [9.17, 15) is 29.1 Å². The summed E-state index contributed by atoms with van der Waals surface area (Å²) in [7, 11) is 0. The number of nitrogens with one attached hydrogen (secondary N) is 11. The number of guanidine groups is 2. The molecule has 0 radical (unpaired) electrons. The number of hydrogen-bond donors (Lipinski definition) is 15. The molecule has 0 aromatic carbocycles. The summed E-state index contributed by atoms with van der Waals surface area (Å²) < 4.78 is 0. The highest BCUT2D eigenvalue weighted by Crippen LogP contribution is 2.07. The summed E-state index contributed by atoms with van der Waals surface area (Å²) in [6.45, 7) is 0.509. The molecule has 5 atom stereocenters. The Morgan fingerprint density at radius 2 is 0.981 bits per heavy atom. The Morgan fingerprint density at radius 1 is 0.623 bits per heavy atom. The van der Waals surface area contributed by atoms with Crippen LogP contribution in [0.2, 0.25) is 0 Å². The van der Waals surface area contributed by atoms with Gasteiger partial charge >= 0.3 is 5.97 Å². The molecule has 0 bridgehead atoms. The maximum atomic E-state index is 13.9. The first-order valence-electron chi connectivity index (χ1n) is 16.6. The molecular weight excluding hydrogens is 694 g/mol. The second-order valence-corrected chi connectivity index (χ2v) is 11.9. The Labute approximate surface area is 303 Å². The van der Waals surface area contributed by atoms with Gasteiger partial charge in [0.2, 0.25) is 23.6 Å². The molecule has 23 nitrogen and oxygen atoms in total. The molecule has 3 aromatic heterocycles. The van der Waals surface area contributed by atoms with Crippen molar-refractivity contribution in [3.8, 4) is 0 Å². The van der Waals surface area contributed by atoms with E-state index in [1.165, 1.54) is 37.6 Å². The number of carboxylic acids is 1. The molecule has 4 amide bonds. The van der Waals surface area contributed by atoms with Gasteiger partial charge in [-0.2, -0.15) is 0 Å². The summed E-state index contributed by atoms with van der Waals surface area (Å²) in [5.74, 6) is -4.86. The van der Waals surface area contributed by atoms with Gasteiger partial charge in [-0.3, -0.25) is 30.0 Å². The average Bonchev–Trinajstić information content (AvgIpc) is 3.92. The number of carboxylic acid groups (broad SMARTS) is 1. The maximum Gasteiger partial charge on any atom is 0.326 e. The number of nitrogens with zero attached hydrogens (tertiary/aromatic N) is 3. The van der Waals surface area contributed by atoms with Gasteiger partial charge in [-0.05, 0) is 25.7 Å². The molecule has 0 aliphatic rings. The van der Waals surface area contributed by atoms with Crippen LogP contribution in [-0.4, -0.2) is 120 Å². The van der Waals surface area contributed by atoms with E-state index < -0.39 is 59.8 Å². The Balaban J connectivity index is 1.80. The van der Waals surface area contributed by atoms with E-state index in [4.69, 9.17) is 28.0 Å². The summed E-state index contributed by atoms with van der Waals surface area (Å²) in [6.07, 6.45) is 9.23. The number of nitrogens with two attached hydrogens (primary N) is 3. The Morgan fingerprint density at radius 3 is 1.32 bits per heavy atom. The van der Waals surface area contributed by atoms with Crippen LogP contribution in [0.3, 0.4) is 0 Å². The van der Waals surface area contributed by atoms with Gasteiger partial charge in [-0.1, -0.05) is 0 Å². The van der Waals surface area contributed by atoms with Crippen LogP contribution in [-0.2, 0) is 43.2 Å². The van der Waals surface area contributed by atoms with Crippen LogP contribution in [0.25, 0.3) is 0 Å². The number of aliphatic carboxylic acids is 1. The van der Waals surface area contributed by atoms with E-state index in [0.717, 1.165) is 0 Å². The maximum absolute atomic E-state index is 13.9. The second kappa shape index (κ2) is 21.0. The molecule has 0 saturated carbocycles. The highest BCUT2D eigenvalue weighted by molar-refractivity contribution is 5.95. The van der Waals surface area contributed by atoms with Gasteiger partial charge in [0.05, 0.1) is 42.1 Å². The summed E-state index contributed by atoms with van der Waals surface area (Å²) >= 11 is 0. The predicted molar refractivity (Wildman–Crippen MR) is 189 cm³/mol. The fraction of sp³-hybridized carbons (Fsp3) is 0.467. The number of H-pyrrole nitrogens is 3. The van der Waals surface area contributed by atoms with E-state index in [1.54, 1.807) is 0 Å². The summed E-state index contributed by atoms with van der Waals surface area (Å²) in [6, 6.07) is -6.26. The number of imidazole rings is 3. The molecule has 0 saturated heterocycles. The Hall–Kier alpha value is -6.52. The van der Waals surface area contributed by atoms with Crippen molar-refractivity contribution in [1.82, 2.24) is 61.8 Å². The number of rotatable bonds is 23. The average molecular weight is 742 g/mol. The van der Waals surface area contributed by atoms with Gasteiger partial charge in [0, 0.05) is 50.9 Å². The van der Waals surface area contributed by atoms with Crippen LogP contribution >= 0.6 is 0 Å². The lowest BCUT2D eigenvalue weighted by atomic mass is 10.0. The zero-order chi connectivity index (χ0) is 38.8. The number of aromatic amines is 3. The molecule has 23 heteroatoms. The fourth-order valence-corrected chi connectivity index (χ4v) is 5.02. The molecule has 18 N–H and O–H groups in total. The monoisotopic (exact) mass is 741 g/mol. The van der Waals surface area contributed by atoms with Gasteiger partial charge in [0.25, 0.3) is 0 Å². The van der Waals surface area contributed by atoms with Crippen LogP contribution in [0, 0.1) is 10.8 Å². The summed E-state index contributed by atoms with van der Waals surface area (Å²) in [5.41, 5.74) is 17.8. The van der Waals surface area contributed by atoms with Gasteiger partial charge in [0.1, 0.15) is 24.2 Å². The van der Waals surface area contributed by atoms with Crippen LogP contribution in [0.5, 0.6) is 0 Å². The van der Waals surface area contributed by atoms with E-state index in [1.807, 2.05) is 0 Å². The molecule has 3 heterocycles. The van der Waals surface area contributed by atoms with Crippen LogP contribution in [0.1, 0.15) is 42.8 Å². The molecule has 0 spiro atoms. The lowest BCUT2D eigenvalue weighted by molar-refractivity contribution is -0.142. The molecule has 0 aliphatic carbocycles. The van der Waals surface area contributed by atoms with Crippen molar-refractivity contribution in [2.45, 2.75) is 75.2 Å². The van der Waals surface area contributed by atoms with Crippen molar-refractivity contribution < 1.29 is 29.1 Å². The lowest BCUT2D eigenvalue weighted by Gasteiger charge is -2.26. The summed E-state index contributed by atoms with van der Waals surface area (Å²) in [5, 5.41) is 39.8. The third-order valence-corrected chi connectivity index (χ3v) is 7.75. The fourth-order valence-electron chi connectivity index (χ4n) is 5.02. The highest BCUT2D eigenvalue weighted by atomic mass is 16.4. The van der Waals surface area contributed by atoms with Gasteiger partial charge in [-0.15, -0.1) is 0 Å². The third-order valence-electron chi connectivity index (χ3n) is 7.75. The number of amides is 4. The van der Waals surface area contributed by atoms with E-state index in [0.29, 0.717) is 30.0 Å². The molecule has 288 valence electrons. The largest absolute Gasteiger partial charge is 0.480 e. The van der Waals surface area contributed by atoms with Crippen molar-refractivity contribution in [1.29, 1.82) is 10.8 Å². The quantitative estimate of drug-likeness (QED) is 0.0249. The SMILES string of the molecule is N=C(N)NCCC[C@H](NC(=O)[C@H](Cc1c[nH]cn1)NC(=O)[C@H](Cc1c[nH]cn1)NC(=O)[C@H](Cc1c[nH]cn1)NC(=O)[C@@H](N)CCCNC(=N)N)C(=O)O. The molecule has 0 unspecified atom stereocenters. The zero-order valence-electron chi connectivity index (χ0n) is 28.8. The number of aromatic nitrogens is 6. The van der Waals surface area contributed by atoms with Crippen LogP contribution in [0.15, 0.2) is 37.6 Å². The van der Waals surface area contributed by atoms with Gasteiger partial charge < -0.3 is 69.2 Å². The number of hydrogen-bond acceptors (Lipinski definition) is 11. The normalized spacial score (nSPS) is 13.7. The van der Waals surface area contributed by atoms with E-state index >= 15 is 0 Å². The minimum Gasteiger partial charge on any atom is -0.480 e. The van der Waals surface area contributed by atoms with Crippen LogP contribution < -0.4 is 49.1 Å². The zero-order valence-corrected chi connectivity index (χ0v) is 28.8. The Kier molecular flexibility index (Phi) is 16.2. The van der Waals surface area contributed by atoms with Crippen molar-refractivity contribution in [2.75, 3.05) is 13.1 Å². The number of carbonyl (C=O) groups excluding carboxylic acids is 4. The lowest BCUT2D eigenvalue weighted by Crippen LogP contribution is -2.59. The molecular formula is C30H47N17O6. The highest BCUT2D eigenvalue weighted by Gasteiger charge is 2.33. The molecule has 3 aromatic rings. The summed E-state index contributed by atoms with van der Waals surface area (Å²) in [4.78, 5) is 87.1. The Bertz CT molecular complexity index is 1630. The predicted octanol–water partition coefficient (Wildman–Crippen LogP) is -4.24. The third kappa shape index (κ3) is 14.7.